The van der Waals surface area contributed by atoms with E-state index < -0.39 is 5.41 Å². The first-order valence-electron chi connectivity index (χ1n) is 5.50. The number of hydrogen-bond acceptors (Lipinski definition) is 3. The lowest BCUT2D eigenvalue weighted by atomic mass is 9.70. The Morgan fingerprint density at radius 1 is 1.25 bits per heavy atom. The van der Waals surface area contributed by atoms with Gasteiger partial charge >= 0.3 is 0 Å². The number of nitrogens with zero attached hydrogens (tertiary/aromatic N) is 1. The molecule has 0 saturated heterocycles. The second-order valence-corrected chi connectivity index (χ2v) is 4.50. The number of fused-ring (bicyclic) bond motifs is 2. The maximum Gasteiger partial charge on any atom is 0.235 e. The van der Waals surface area contributed by atoms with Crippen LogP contribution in [0.3, 0.4) is 0 Å². The van der Waals surface area contributed by atoms with Crippen molar-refractivity contribution in [3.05, 3.63) is 24.0 Å². The second-order valence-electron chi connectivity index (χ2n) is 4.50. The predicted octanol–water partition coefficient (Wildman–Crippen LogP) is 1.41. The highest BCUT2D eigenvalue weighted by atomic mass is 16.2. The number of rotatable bonds is 0. The van der Waals surface area contributed by atoms with E-state index in [1.807, 2.05) is 6.07 Å². The molecule has 1 spiro atoms. The van der Waals surface area contributed by atoms with Gasteiger partial charge in [0.1, 0.15) is 5.78 Å². The van der Waals surface area contributed by atoms with Crippen LogP contribution in [0.2, 0.25) is 0 Å². The lowest BCUT2D eigenvalue weighted by Gasteiger charge is -2.30. The van der Waals surface area contributed by atoms with Crippen LogP contribution < -0.4 is 5.32 Å². The van der Waals surface area contributed by atoms with Crippen molar-refractivity contribution < 1.29 is 9.59 Å². The van der Waals surface area contributed by atoms with Gasteiger partial charge in [-0.05, 0) is 24.5 Å². The summed E-state index contributed by atoms with van der Waals surface area (Å²) in [6.07, 6.45) is 5.67. The fourth-order valence-electron chi connectivity index (χ4n) is 2.73. The van der Waals surface area contributed by atoms with Crippen molar-refractivity contribution in [1.29, 1.82) is 0 Å². The summed E-state index contributed by atoms with van der Waals surface area (Å²) in [5, 5.41) is 2.86. The van der Waals surface area contributed by atoms with Gasteiger partial charge in [0, 0.05) is 19.0 Å². The number of ketones is 1. The molecule has 0 bridgehead atoms. The number of hydrogen-bond donors (Lipinski definition) is 1. The number of aromatic nitrogens is 1. The number of Topliss-reactive ketones (excluding diaryl/α,β-unsaturated/α-hetero) is 1. The first-order valence-corrected chi connectivity index (χ1v) is 5.50. The Kier molecular flexibility index (Phi) is 1.87. The molecule has 0 atom stereocenters. The minimum absolute atomic E-state index is 0.0306. The van der Waals surface area contributed by atoms with Crippen molar-refractivity contribution in [1.82, 2.24) is 4.98 Å². The molecule has 1 aliphatic carbocycles. The summed E-state index contributed by atoms with van der Waals surface area (Å²) in [4.78, 5) is 27.3. The molecule has 2 heterocycles. The summed E-state index contributed by atoms with van der Waals surface area (Å²) in [5.41, 5.74) is 1.36. The van der Waals surface area contributed by atoms with E-state index in [-0.39, 0.29) is 11.7 Å². The lowest BCUT2D eigenvalue weighted by Crippen LogP contribution is -2.38. The third-order valence-electron chi connectivity index (χ3n) is 3.68. The Morgan fingerprint density at radius 3 is 2.75 bits per heavy atom. The third-order valence-corrected chi connectivity index (χ3v) is 3.68. The van der Waals surface area contributed by atoms with Gasteiger partial charge in [0.05, 0.1) is 17.3 Å². The summed E-state index contributed by atoms with van der Waals surface area (Å²) < 4.78 is 0. The smallest absolute Gasteiger partial charge is 0.235 e. The summed E-state index contributed by atoms with van der Waals surface area (Å²) >= 11 is 0. The zero-order valence-electron chi connectivity index (χ0n) is 8.82. The summed E-state index contributed by atoms with van der Waals surface area (Å²) in [6.45, 7) is 0. The highest BCUT2D eigenvalue weighted by molar-refractivity contribution is 6.07. The van der Waals surface area contributed by atoms with Gasteiger partial charge in [0.2, 0.25) is 5.91 Å². The Balaban J connectivity index is 2.07. The largest absolute Gasteiger partial charge is 0.324 e. The second kappa shape index (κ2) is 3.14. The van der Waals surface area contributed by atoms with Gasteiger partial charge in [0.15, 0.2) is 0 Å². The van der Waals surface area contributed by atoms with Crippen molar-refractivity contribution in [3.63, 3.8) is 0 Å². The molecule has 0 unspecified atom stereocenters. The van der Waals surface area contributed by atoms with Crippen molar-refractivity contribution in [3.8, 4) is 0 Å². The Bertz CT molecular complexity index is 472. The SMILES string of the molecule is O=C1CCC2(CC1)C(=O)Nc1cnccc12. The van der Waals surface area contributed by atoms with Gasteiger partial charge in [-0.1, -0.05) is 0 Å². The van der Waals surface area contributed by atoms with Crippen LogP contribution in [0, 0.1) is 0 Å². The molecule has 1 aromatic rings. The topological polar surface area (TPSA) is 59.1 Å². The van der Waals surface area contributed by atoms with Gasteiger partial charge in [-0.25, -0.2) is 0 Å². The van der Waals surface area contributed by atoms with E-state index in [0.717, 1.165) is 11.3 Å². The molecule has 1 amide bonds. The van der Waals surface area contributed by atoms with Crippen LogP contribution in [-0.4, -0.2) is 16.7 Å². The van der Waals surface area contributed by atoms with Gasteiger partial charge in [-0.2, -0.15) is 0 Å². The first-order chi connectivity index (χ1) is 7.72. The molecule has 4 heteroatoms. The summed E-state index contributed by atoms with van der Waals surface area (Å²) in [7, 11) is 0. The molecule has 1 aliphatic heterocycles. The molecular weight excluding hydrogens is 204 g/mol. The van der Waals surface area contributed by atoms with Crippen LogP contribution in [0.25, 0.3) is 0 Å². The Labute approximate surface area is 93.1 Å². The maximum atomic E-state index is 12.1. The molecular formula is C12H12N2O2. The number of pyridine rings is 1. The molecule has 1 saturated carbocycles. The molecule has 1 fully saturated rings. The molecule has 16 heavy (non-hydrogen) atoms. The summed E-state index contributed by atoms with van der Waals surface area (Å²) in [5.74, 6) is 0.295. The normalized spacial score (nSPS) is 22.0. The van der Waals surface area contributed by atoms with E-state index in [0.29, 0.717) is 25.7 Å². The van der Waals surface area contributed by atoms with Gasteiger partial charge in [0.25, 0.3) is 0 Å². The molecule has 3 rings (SSSR count). The molecule has 0 aromatic carbocycles. The number of carbonyl (C=O) groups excluding carboxylic acids is 2. The van der Waals surface area contributed by atoms with Gasteiger partial charge in [-0.15, -0.1) is 0 Å². The van der Waals surface area contributed by atoms with Crippen LogP contribution >= 0.6 is 0 Å². The standard InChI is InChI=1S/C12H12N2O2/c15-8-1-4-12(5-2-8)9-3-6-13-7-10(9)14-11(12)16/h3,6-7H,1-2,4-5H2,(H,14,16). The van der Waals surface area contributed by atoms with Gasteiger partial charge in [-0.3, -0.25) is 14.6 Å². The van der Waals surface area contributed by atoms with Crippen molar-refractivity contribution in [2.24, 2.45) is 0 Å². The quantitative estimate of drug-likeness (QED) is 0.713. The molecule has 1 aromatic heterocycles. The van der Waals surface area contributed by atoms with Crippen molar-refractivity contribution in [2.45, 2.75) is 31.1 Å². The van der Waals surface area contributed by atoms with E-state index >= 15 is 0 Å². The van der Waals surface area contributed by atoms with E-state index in [2.05, 4.69) is 10.3 Å². The lowest BCUT2D eigenvalue weighted by molar-refractivity contribution is -0.126. The minimum atomic E-state index is -0.466. The number of nitrogens with one attached hydrogen (secondary N) is 1. The first kappa shape index (κ1) is 9.51. The average molecular weight is 216 g/mol. The predicted molar refractivity (Wildman–Crippen MR) is 58.0 cm³/mol. The average Bonchev–Trinajstić information content (AvgIpc) is 2.57. The van der Waals surface area contributed by atoms with Crippen LogP contribution in [0.5, 0.6) is 0 Å². The minimum Gasteiger partial charge on any atom is -0.324 e. The van der Waals surface area contributed by atoms with E-state index in [1.54, 1.807) is 12.4 Å². The summed E-state index contributed by atoms with van der Waals surface area (Å²) in [6, 6.07) is 1.89. The molecule has 0 radical (unpaired) electrons. The van der Waals surface area contributed by atoms with E-state index in [4.69, 9.17) is 0 Å². The molecule has 82 valence electrons. The van der Waals surface area contributed by atoms with Crippen LogP contribution in [0.1, 0.15) is 31.2 Å². The Morgan fingerprint density at radius 2 is 2.00 bits per heavy atom. The highest BCUT2D eigenvalue weighted by Gasteiger charge is 2.48. The van der Waals surface area contributed by atoms with E-state index in [1.165, 1.54) is 0 Å². The molecule has 4 nitrogen and oxygen atoms in total. The van der Waals surface area contributed by atoms with Crippen LogP contribution in [0.15, 0.2) is 18.5 Å². The Hall–Kier alpha value is -1.71. The zero-order valence-corrected chi connectivity index (χ0v) is 8.82. The number of anilines is 1. The third kappa shape index (κ3) is 1.13. The fourth-order valence-corrected chi connectivity index (χ4v) is 2.73. The van der Waals surface area contributed by atoms with Crippen LogP contribution in [0.4, 0.5) is 5.69 Å². The number of amides is 1. The zero-order chi connectivity index (χ0) is 11.2. The van der Waals surface area contributed by atoms with Crippen molar-refractivity contribution in [2.75, 3.05) is 5.32 Å². The number of carbonyl (C=O) groups is 2. The van der Waals surface area contributed by atoms with Gasteiger partial charge < -0.3 is 5.32 Å². The monoisotopic (exact) mass is 216 g/mol. The van der Waals surface area contributed by atoms with E-state index in [9.17, 15) is 9.59 Å². The molecule has 2 aliphatic rings. The highest BCUT2D eigenvalue weighted by Crippen LogP contribution is 2.46. The van der Waals surface area contributed by atoms with Crippen molar-refractivity contribution >= 4 is 17.4 Å². The molecule has 1 N–H and O–H groups in total. The maximum absolute atomic E-state index is 12.1. The fraction of sp³-hybridized carbons (Fsp3) is 0.417. The van der Waals surface area contributed by atoms with Crippen LogP contribution in [-0.2, 0) is 15.0 Å².